The van der Waals surface area contributed by atoms with Crippen LogP contribution in [0.15, 0.2) is 28.2 Å². The lowest BCUT2D eigenvalue weighted by molar-refractivity contribution is 0.534. The molecule has 0 saturated carbocycles. The van der Waals surface area contributed by atoms with E-state index >= 15 is 0 Å². The summed E-state index contributed by atoms with van der Waals surface area (Å²) in [7, 11) is 0. The Bertz CT molecular complexity index is 635. The van der Waals surface area contributed by atoms with Gasteiger partial charge in [0.1, 0.15) is 5.82 Å². The van der Waals surface area contributed by atoms with E-state index in [0.29, 0.717) is 10.9 Å². The van der Waals surface area contributed by atoms with Gasteiger partial charge in [-0.15, -0.1) is 5.10 Å². The van der Waals surface area contributed by atoms with Crippen molar-refractivity contribution in [3.8, 4) is 0 Å². The molecular formula is C12H15FN4OS. The van der Waals surface area contributed by atoms with Gasteiger partial charge in [-0.2, -0.15) is 0 Å². The van der Waals surface area contributed by atoms with E-state index in [1.54, 1.807) is 10.6 Å². The Morgan fingerprint density at radius 2 is 2.26 bits per heavy atom. The summed E-state index contributed by atoms with van der Waals surface area (Å²) in [4.78, 5) is 11.5. The Morgan fingerprint density at radius 1 is 1.53 bits per heavy atom. The first-order chi connectivity index (χ1) is 8.99. The van der Waals surface area contributed by atoms with Crippen LogP contribution in [0.5, 0.6) is 0 Å². The average Bonchev–Trinajstić information content (AvgIpc) is 2.72. The van der Waals surface area contributed by atoms with Crippen LogP contribution in [0.2, 0.25) is 0 Å². The molecule has 0 spiro atoms. The molecule has 0 aliphatic carbocycles. The zero-order valence-electron chi connectivity index (χ0n) is 10.7. The Labute approximate surface area is 114 Å². The van der Waals surface area contributed by atoms with Crippen LogP contribution in [0.25, 0.3) is 0 Å². The van der Waals surface area contributed by atoms with Crippen LogP contribution in [-0.2, 0) is 5.75 Å². The lowest BCUT2D eigenvalue weighted by Crippen LogP contribution is -2.19. The number of nitrogens with two attached hydrogens (primary N) is 1. The number of hydrogen-bond donors (Lipinski definition) is 2. The molecule has 1 aromatic carbocycles. The molecule has 0 radical (unpaired) electrons. The van der Waals surface area contributed by atoms with Crippen LogP contribution in [0.1, 0.15) is 25.5 Å². The van der Waals surface area contributed by atoms with Crippen molar-refractivity contribution in [1.29, 1.82) is 0 Å². The third kappa shape index (κ3) is 2.98. The third-order valence-corrected chi connectivity index (χ3v) is 3.65. The molecule has 0 unspecified atom stereocenters. The zero-order valence-corrected chi connectivity index (χ0v) is 11.5. The summed E-state index contributed by atoms with van der Waals surface area (Å²) in [5.74, 6) is 0.0928. The number of aromatic nitrogens is 3. The van der Waals surface area contributed by atoms with Crippen LogP contribution in [0, 0.1) is 5.82 Å². The van der Waals surface area contributed by atoms with Crippen LogP contribution >= 0.6 is 11.8 Å². The molecule has 0 bridgehead atoms. The minimum atomic E-state index is -0.429. The summed E-state index contributed by atoms with van der Waals surface area (Å²) < 4.78 is 14.9. The Morgan fingerprint density at radius 3 is 2.89 bits per heavy atom. The molecule has 0 atom stereocenters. The van der Waals surface area contributed by atoms with Gasteiger partial charge in [-0.3, -0.25) is 4.57 Å². The number of H-pyrrole nitrogens is 1. The van der Waals surface area contributed by atoms with E-state index in [0.717, 1.165) is 5.56 Å². The normalized spacial score (nSPS) is 11.2. The summed E-state index contributed by atoms with van der Waals surface area (Å²) >= 11 is 1.38. The van der Waals surface area contributed by atoms with Crippen LogP contribution in [0.3, 0.4) is 0 Å². The topological polar surface area (TPSA) is 76.7 Å². The Hall–Kier alpha value is -1.76. The van der Waals surface area contributed by atoms with Crippen molar-refractivity contribution in [3.63, 3.8) is 0 Å². The van der Waals surface area contributed by atoms with Crippen molar-refractivity contribution in [1.82, 2.24) is 14.8 Å². The number of halogens is 1. The maximum Gasteiger partial charge on any atom is 0.344 e. The number of nitrogens with zero attached hydrogens (tertiary/aromatic N) is 2. The molecule has 0 aliphatic heterocycles. The predicted octanol–water partition coefficient (Wildman–Crippen LogP) is 2.17. The second-order valence-corrected chi connectivity index (χ2v) is 5.36. The second kappa shape index (κ2) is 5.48. The number of anilines is 1. The Balaban J connectivity index is 2.14. The lowest BCUT2D eigenvalue weighted by atomic mass is 10.2. The summed E-state index contributed by atoms with van der Waals surface area (Å²) in [5.41, 5.74) is 6.11. The molecule has 1 aromatic heterocycles. The average molecular weight is 282 g/mol. The van der Waals surface area contributed by atoms with Crippen molar-refractivity contribution < 1.29 is 4.39 Å². The van der Waals surface area contributed by atoms with E-state index in [1.165, 1.54) is 23.9 Å². The highest BCUT2D eigenvalue weighted by Crippen LogP contribution is 2.23. The maximum atomic E-state index is 13.3. The van der Waals surface area contributed by atoms with Crippen LogP contribution < -0.4 is 11.4 Å². The van der Waals surface area contributed by atoms with Crippen LogP contribution in [-0.4, -0.2) is 14.8 Å². The van der Waals surface area contributed by atoms with Gasteiger partial charge in [-0.25, -0.2) is 14.3 Å². The van der Waals surface area contributed by atoms with E-state index in [1.807, 2.05) is 13.8 Å². The molecule has 0 fully saturated rings. The van der Waals surface area contributed by atoms with Gasteiger partial charge in [0.25, 0.3) is 0 Å². The highest BCUT2D eigenvalue weighted by molar-refractivity contribution is 7.98. The van der Waals surface area contributed by atoms with Gasteiger partial charge in [0.15, 0.2) is 5.16 Å². The van der Waals surface area contributed by atoms with Gasteiger partial charge in [0.2, 0.25) is 0 Å². The molecular weight excluding hydrogens is 267 g/mol. The van der Waals surface area contributed by atoms with E-state index < -0.39 is 5.82 Å². The van der Waals surface area contributed by atoms with Crippen LogP contribution in [0.4, 0.5) is 10.1 Å². The number of nitrogens with one attached hydrogen (secondary N) is 1. The van der Waals surface area contributed by atoms with Gasteiger partial charge in [0.05, 0.1) is 5.69 Å². The smallest absolute Gasteiger partial charge is 0.344 e. The summed E-state index contributed by atoms with van der Waals surface area (Å²) in [5, 5.41) is 6.97. The molecule has 7 heteroatoms. The minimum Gasteiger partial charge on any atom is -0.396 e. The molecule has 3 N–H and O–H groups in total. The fourth-order valence-corrected chi connectivity index (χ4v) is 2.67. The SMILES string of the molecule is CC(C)n1c(SCc2ccc(N)c(F)c2)n[nH]c1=O. The highest BCUT2D eigenvalue weighted by Gasteiger charge is 2.12. The van der Waals surface area contributed by atoms with E-state index in [9.17, 15) is 9.18 Å². The van der Waals surface area contributed by atoms with E-state index in [2.05, 4.69) is 10.2 Å². The standard InChI is InChI=1S/C12H15FN4OS/c1-7(2)17-11(18)15-16-12(17)19-6-8-3-4-10(14)9(13)5-8/h3-5,7H,6,14H2,1-2H3,(H,15,18). The van der Waals surface area contributed by atoms with Gasteiger partial charge in [-0.1, -0.05) is 17.8 Å². The molecule has 19 heavy (non-hydrogen) atoms. The lowest BCUT2D eigenvalue weighted by Gasteiger charge is -2.08. The highest BCUT2D eigenvalue weighted by atomic mass is 32.2. The van der Waals surface area contributed by atoms with Gasteiger partial charge < -0.3 is 5.73 Å². The van der Waals surface area contributed by atoms with Crippen molar-refractivity contribution in [2.75, 3.05) is 5.73 Å². The molecule has 102 valence electrons. The third-order valence-electron chi connectivity index (χ3n) is 2.62. The molecule has 1 heterocycles. The Kier molecular flexibility index (Phi) is 3.94. The van der Waals surface area contributed by atoms with Gasteiger partial charge >= 0.3 is 5.69 Å². The van der Waals surface area contributed by atoms with E-state index in [4.69, 9.17) is 5.73 Å². The minimum absolute atomic E-state index is 0.0249. The number of rotatable bonds is 4. The van der Waals surface area contributed by atoms with Gasteiger partial charge in [0, 0.05) is 11.8 Å². The van der Waals surface area contributed by atoms with Crippen molar-refractivity contribution in [2.24, 2.45) is 0 Å². The molecule has 5 nitrogen and oxygen atoms in total. The number of nitrogen functional groups attached to an aromatic ring is 1. The first-order valence-electron chi connectivity index (χ1n) is 5.82. The zero-order chi connectivity index (χ0) is 14.0. The monoisotopic (exact) mass is 282 g/mol. The largest absolute Gasteiger partial charge is 0.396 e. The quantitative estimate of drug-likeness (QED) is 0.665. The summed E-state index contributed by atoms with van der Waals surface area (Å²) in [6.45, 7) is 3.81. The molecule has 0 saturated heterocycles. The molecule has 0 aliphatic rings. The van der Waals surface area contributed by atoms with Crippen molar-refractivity contribution in [3.05, 3.63) is 40.1 Å². The predicted molar refractivity (Wildman–Crippen MR) is 73.6 cm³/mol. The first-order valence-corrected chi connectivity index (χ1v) is 6.81. The van der Waals surface area contributed by atoms with Crippen molar-refractivity contribution >= 4 is 17.4 Å². The fourth-order valence-electron chi connectivity index (χ4n) is 1.66. The number of thioether (sulfide) groups is 1. The number of benzene rings is 1. The molecule has 2 aromatic rings. The first kappa shape index (κ1) is 13.7. The van der Waals surface area contributed by atoms with Crippen molar-refractivity contribution in [2.45, 2.75) is 30.8 Å². The molecule has 0 amide bonds. The molecule has 2 rings (SSSR count). The summed E-state index contributed by atoms with van der Waals surface area (Å²) in [6.07, 6.45) is 0. The second-order valence-electron chi connectivity index (χ2n) is 4.42. The van der Waals surface area contributed by atoms with E-state index in [-0.39, 0.29) is 17.4 Å². The summed E-state index contributed by atoms with van der Waals surface area (Å²) in [6, 6.07) is 4.71. The number of hydrogen-bond acceptors (Lipinski definition) is 4. The number of aromatic amines is 1. The fraction of sp³-hybridized carbons (Fsp3) is 0.333. The van der Waals surface area contributed by atoms with Gasteiger partial charge in [-0.05, 0) is 31.5 Å². The maximum absolute atomic E-state index is 13.3.